The van der Waals surface area contributed by atoms with E-state index in [2.05, 4.69) is 43.0 Å². The Balaban J connectivity index is 1.93. The van der Waals surface area contributed by atoms with Gasteiger partial charge in [-0.2, -0.15) is 0 Å². The normalized spacial score (nSPS) is 10.2. The van der Waals surface area contributed by atoms with Gasteiger partial charge in [-0.15, -0.1) is 0 Å². The molecule has 0 amide bonds. The van der Waals surface area contributed by atoms with Crippen LogP contribution in [0.1, 0.15) is 12.5 Å². The van der Waals surface area contributed by atoms with Gasteiger partial charge < -0.3 is 14.4 Å². The number of ether oxygens (including phenoxy) is 2. The second kappa shape index (κ2) is 7.58. The van der Waals surface area contributed by atoms with Crippen molar-refractivity contribution in [3.05, 3.63) is 54.1 Å². The van der Waals surface area contributed by atoms with Gasteiger partial charge in [-0.25, -0.2) is 0 Å². The van der Waals surface area contributed by atoms with Gasteiger partial charge in [0.05, 0.1) is 13.7 Å². The molecule has 2 rings (SSSR count). The maximum atomic E-state index is 5.82. The summed E-state index contributed by atoms with van der Waals surface area (Å²) < 4.78 is 11.1. The van der Waals surface area contributed by atoms with Crippen molar-refractivity contribution in [3.63, 3.8) is 0 Å². The van der Waals surface area contributed by atoms with E-state index in [1.165, 1.54) is 5.56 Å². The Morgan fingerprint density at radius 2 is 1.76 bits per heavy atom. The van der Waals surface area contributed by atoms with E-state index in [9.17, 15) is 0 Å². The number of likely N-dealkylation sites (N-methyl/N-ethyl adjacent to an activating group) is 1. The highest BCUT2D eigenvalue weighted by atomic mass is 16.5. The van der Waals surface area contributed by atoms with Crippen LogP contribution in [0.15, 0.2) is 48.5 Å². The number of methoxy groups -OCH3 is 1. The summed E-state index contributed by atoms with van der Waals surface area (Å²) in [6, 6.07) is 16.3. The first-order chi connectivity index (χ1) is 10.2. The van der Waals surface area contributed by atoms with Crippen LogP contribution in [0.5, 0.6) is 11.5 Å². The topological polar surface area (TPSA) is 21.7 Å². The highest BCUT2D eigenvalue weighted by Gasteiger charge is 2.05. The summed E-state index contributed by atoms with van der Waals surface area (Å²) >= 11 is 0. The smallest absolute Gasteiger partial charge is 0.120 e. The third-order valence-corrected chi connectivity index (χ3v) is 3.42. The molecule has 0 aliphatic heterocycles. The maximum Gasteiger partial charge on any atom is 0.120 e. The lowest BCUT2D eigenvalue weighted by atomic mass is 10.2. The Bertz CT molecular complexity index is 569. The van der Waals surface area contributed by atoms with Crippen molar-refractivity contribution in [2.24, 2.45) is 0 Å². The number of aryl methyl sites for hydroxylation is 1. The molecule has 0 saturated carbocycles. The van der Waals surface area contributed by atoms with Crippen molar-refractivity contribution < 1.29 is 9.47 Å². The third kappa shape index (κ3) is 4.42. The van der Waals surface area contributed by atoms with Crippen molar-refractivity contribution in [1.29, 1.82) is 0 Å². The van der Waals surface area contributed by atoms with E-state index in [1.807, 2.05) is 24.3 Å². The first-order valence-electron chi connectivity index (χ1n) is 7.31. The zero-order valence-electron chi connectivity index (χ0n) is 13.0. The average molecular weight is 285 g/mol. The Hall–Kier alpha value is -2.16. The molecule has 112 valence electrons. The first kappa shape index (κ1) is 15.2. The molecule has 0 fully saturated rings. The largest absolute Gasteiger partial charge is 0.497 e. The molecule has 0 radical (unpaired) electrons. The lowest BCUT2D eigenvalue weighted by Gasteiger charge is -2.23. The van der Waals surface area contributed by atoms with Gasteiger partial charge in [0.1, 0.15) is 18.1 Å². The van der Waals surface area contributed by atoms with Crippen LogP contribution < -0.4 is 14.4 Å². The molecule has 0 bridgehead atoms. The number of rotatable bonds is 7. The van der Waals surface area contributed by atoms with Gasteiger partial charge in [0.15, 0.2) is 0 Å². The third-order valence-electron chi connectivity index (χ3n) is 3.42. The molecule has 2 aromatic rings. The van der Waals surface area contributed by atoms with Crippen LogP contribution in [0.3, 0.4) is 0 Å². The second-order valence-corrected chi connectivity index (χ2v) is 4.95. The van der Waals surface area contributed by atoms with E-state index in [0.717, 1.165) is 30.3 Å². The highest BCUT2D eigenvalue weighted by molar-refractivity contribution is 5.50. The Morgan fingerprint density at radius 3 is 2.48 bits per heavy atom. The molecule has 0 N–H and O–H groups in total. The van der Waals surface area contributed by atoms with Gasteiger partial charge in [0, 0.05) is 18.3 Å². The van der Waals surface area contributed by atoms with E-state index in [1.54, 1.807) is 7.11 Å². The summed E-state index contributed by atoms with van der Waals surface area (Å²) in [4.78, 5) is 2.28. The molecule has 0 spiro atoms. The molecule has 21 heavy (non-hydrogen) atoms. The van der Waals surface area contributed by atoms with Gasteiger partial charge in [-0.3, -0.25) is 0 Å². The van der Waals surface area contributed by atoms with Crippen LogP contribution in [0.25, 0.3) is 0 Å². The number of benzene rings is 2. The van der Waals surface area contributed by atoms with Crippen molar-refractivity contribution in [1.82, 2.24) is 0 Å². The van der Waals surface area contributed by atoms with Crippen LogP contribution >= 0.6 is 0 Å². The van der Waals surface area contributed by atoms with Crippen molar-refractivity contribution in [2.45, 2.75) is 13.8 Å². The molecule has 2 aromatic carbocycles. The zero-order valence-corrected chi connectivity index (χ0v) is 13.0. The molecule has 0 saturated heterocycles. The van der Waals surface area contributed by atoms with Crippen LogP contribution in [-0.4, -0.2) is 26.8 Å². The van der Waals surface area contributed by atoms with Gasteiger partial charge in [-0.1, -0.05) is 18.2 Å². The SMILES string of the molecule is CCN(CCOc1cccc(C)c1)c1cccc(OC)c1. The molecule has 3 heteroatoms. The fourth-order valence-corrected chi connectivity index (χ4v) is 2.26. The van der Waals surface area contributed by atoms with E-state index >= 15 is 0 Å². The molecule has 0 aromatic heterocycles. The van der Waals surface area contributed by atoms with Gasteiger partial charge in [-0.05, 0) is 43.7 Å². The van der Waals surface area contributed by atoms with Crippen molar-refractivity contribution in [3.8, 4) is 11.5 Å². The molecule has 0 unspecified atom stereocenters. The monoisotopic (exact) mass is 285 g/mol. The van der Waals surface area contributed by atoms with Gasteiger partial charge >= 0.3 is 0 Å². The highest BCUT2D eigenvalue weighted by Crippen LogP contribution is 2.20. The molecular weight excluding hydrogens is 262 g/mol. The van der Waals surface area contributed by atoms with E-state index in [4.69, 9.17) is 9.47 Å². The molecule has 0 heterocycles. The average Bonchev–Trinajstić information content (AvgIpc) is 2.52. The lowest BCUT2D eigenvalue weighted by Crippen LogP contribution is -2.28. The number of anilines is 1. The first-order valence-corrected chi connectivity index (χ1v) is 7.31. The summed E-state index contributed by atoms with van der Waals surface area (Å²) in [5, 5.41) is 0. The molecule has 0 aliphatic carbocycles. The van der Waals surface area contributed by atoms with Crippen molar-refractivity contribution in [2.75, 3.05) is 31.7 Å². The Kier molecular flexibility index (Phi) is 5.50. The van der Waals surface area contributed by atoms with E-state index in [0.29, 0.717) is 6.61 Å². The van der Waals surface area contributed by atoms with E-state index < -0.39 is 0 Å². The van der Waals surface area contributed by atoms with E-state index in [-0.39, 0.29) is 0 Å². The molecular formula is C18H23NO2. The number of hydrogen-bond donors (Lipinski definition) is 0. The fourth-order valence-electron chi connectivity index (χ4n) is 2.26. The summed E-state index contributed by atoms with van der Waals surface area (Å²) in [7, 11) is 1.69. The van der Waals surface area contributed by atoms with Crippen LogP contribution in [0.4, 0.5) is 5.69 Å². The molecule has 0 aliphatic rings. The summed E-state index contributed by atoms with van der Waals surface area (Å²) in [5.74, 6) is 1.81. The summed E-state index contributed by atoms with van der Waals surface area (Å²) in [6.07, 6.45) is 0. The maximum absolute atomic E-state index is 5.82. The predicted molar refractivity (Wildman–Crippen MR) is 87.6 cm³/mol. The van der Waals surface area contributed by atoms with Crippen LogP contribution in [0, 0.1) is 6.92 Å². The lowest BCUT2D eigenvalue weighted by molar-refractivity contribution is 0.324. The van der Waals surface area contributed by atoms with Crippen molar-refractivity contribution >= 4 is 5.69 Å². The Labute approximate surface area is 127 Å². The fraction of sp³-hybridized carbons (Fsp3) is 0.333. The standard InChI is InChI=1S/C18H23NO2/c1-4-19(16-8-6-9-17(14-16)20-3)11-12-21-18-10-5-7-15(2)13-18/h5-10,13-14H,4,11-12H2,1-3H3. The predicted octanol–water partition coefficient (Wildman–Crippen LogP) is 3.91. The minimum atomic E-state index is 0.661. The van der Waals surface area contributed by atoms with Crippen LogP contribution in [-0.2, 0) is 0 Å². The Morgan fingerprint density at radius 1 is 1.00 bits per heavy atom. The summed E-state index contributed by atoms with van der Waals surface area (Å²) in [5.41, 5.74) is 2.37. The molecule has 3 nitrogen and oxygen atoms in total. The summed E-state index contributed by atoms with van der Waals surface area (Å²) in [6.45, 7) is 6.66. The minimum absolute atomic E-state index is 0.661. The zero-order chi connectivity index (χ0) is 15.1. The number of hydrogen-bond acceptors (Lipinski definition) is 3. The van der Waals surface area contributed by atoms with Gasteiger partial charge in [0.2, 0.25) is 0 Å². The molecule has 0 atom stereocenters. The minimum Gasteiger partial charge on any atom is -0.497 e. The van der Waals surface area contributed by atoms with Gasteiger partial charge in [0.25, 0.3) is 0 Å². The van der Waals surface area contributed by atoms with Crippen LogP contribution in [0.2, 0.25) is 0 Å². The second-order valence-electron chi connectivity index (χ2n) is 4.95. The number of nitrogens with zero attached hydrogens (tertiary/aromatic N) is 1. The quantitative estimate of drug-likeness (QED) is 0.770.